The third kappa shape index (κ3) is 6.20. The Balaban J connectivity index is 1.49. The van der Waals surface area contributed by atoms with Gasteiger partial charge in [-0.15, -0.1) is 0 Å². The molecule has 36 heavy (non-hydrogen) atoms. The maximum absolute atomic E-state index is 15.2. The second kappa shape index (κ2) is 12.6. The largest absolute Gasteiger partial charge is 0.495 e. The number of hydrogen-bond donors (Lipinski definition) is 0. The monoisotopic (exact) mass is 495 g/mol. The van der Waals surface area contributed by atoms with E-state index in [0.717, 1.165) is 69.0 Å². The lowest BCUT2D eigenvalue weighted by Gasteiger charge is -2.43. The van der Waals surface area contributed by atoms with E-state index in [9.17, 15) is 4.79 Å². The van der Waals surface area contributed by atoms with Crippen LogP contribution in [-0.4, -0.2) is 68.6 Å². The minimum atomic E-state index is -0.152. The van der Waals surface area contributed by atoms with E-state index in [1.165, 1.54) is 19.3 Å². The van der Waals surface area contributed by atoms with Gasteiger partial charge in [0.05, 0.1) is 12.8 Å². The summed E-state index contributed by atoms with van der Waals surface area (Å²) in [6.45, 7) is 6.32. The lowest BCUT2D eigenvalue weighted by molar-refractivity contribution is -0.131. The number of carbonyl (C=O) groups excluding carboxylic acids is 1. The highest BCUT2D eigenvalue weighted by Gasteiger charge is 2.37. The van der Waals surface area contributed by atoms with Crippen LogP contribution < -0.4 is 9.64 Å². The molecule has 0 N–H and O–H groups in total. The van der Waals surface area contributed by atoms with Crippen LogP contribution in [0, 0.1) is 11.7 Å². The van der Waals surface area contributed by atoms with Crippen molar-refractivity contribution in [1.82, 2.24) is 9.80 Å². The van der Waals surface area contributed by atoms with E-state index in [2.05, 4.69) is 21.9 Å². The fourth-order valence-corrected chi connectivity index (χ4v) is 6.31. The Labute approximate surface area is 216 Å². The summed E-state index contributed by atoms with van der Waals surface area (Å²) < 4.78 is 20.7. The number of rotatable bonds is 9. The minimum Gasteiger partial charge on any atom is -0.495 e. The Kier molecular flexibility index (Phi) is 9.24. The molecule has 1 aliphatic carbocycles. The van der Waals surface area contributed by atoms with Crippen molar-refractivity contribution in [3.8, 4) is 5.75 Å². The van der Waals surface area contributed by atoms with Crippen molar-refractivity contribution < 1.29 is 13.9 Å². The smallest absolute Gasteiger partial charge is 0.219 e. The molecule has 6 heteroatoms. The minimum absolute atomic E-state index is 0.0181. The first-order chi connectivity index (χ1) is 17.5. The van der Waals surface area contributed by atoms with E-state index < -0.39 is 0 Å². The van der Waals surface area contributed by atoms with Crippen LogP contribution in [0.3, 0.4) is 0 Å². The Morgan fingerprint density at radius 1 is 1.03 bits per heavy atom. The van der Waals surface area contributed by atoms with Gasteiger partial charge in [-0.1, -0.05) is 49.6 Å². The number of para-hydroxylation sites is 2. The van der Waals surface area contributed by atoms with Crippen molar-refractivity contribution >= 4 is 11.6 Å². The zero-order valence-electron chi connectivity index (χ0n) is 22.2. The number of benzene rings is 2. The molecule has 196 valence electrons. The van der Waals surface area contributed by atoms with Crippen molar-refractivity contribution in [2.75, 3.05) is 51.8 Å². The molecule has 0 radical (unpaired) electrons. The quantitative estimate of drug-likeness (QED) is 0.457. The normalized spacial score (nSPS) is 19.1. The molecule has 4 rings (SSSR count). The SMILES string of the molecule is COc1ccccc1N1CCN(CC[C@H](c2ccccc2F)[C@@H](C2CCCCC2)N(C)C(C)=O)CC1. The van der Waals surface area contributed by atoms with Crippen LogP contribution >= 0.6 is 0 Å². The Hall–Kier alpha value is -2.60. The number of anilines is 1. The molecule has 2 fully saturated rings. The van der Waals surface area contributed by atoms with Gasteiger partial charge in [-0.05, 0) is 55.5 Å². The molecular formula is C30H42FN3O2. The van der Waals surface area contributed by atoms with Crippen LogP contribution in [0.25, 0.3) is 0 Å². The molecule has 1 saturated heterocycles. The van der Waals surface area contributed by atoms with Gasteiger partial charge in [0.15, 0.2) is 0 Å². The predicted molar refractivity (Wildman–Crippen MR) is 144 cm³/mol. The Bertz CT molecular complexity index is 986. The van der Waals surface area contributed by atoms with E-state index in [1.807, 2.05) is 36.2 Å². The van der Waals surface area contributed by atoms with Crippen LogP contribution in [0.2, 0.25) is 0 Å². The van der Waals surface area contributed by atoms with Gasteiger partial charge in [0.1, 0.15) is 11.6 Å². The molecule has 5 nitrogen and oxygen atoms in total. The van der Waals surface area contributed by atoms with Gasteiger partial charge < -0.3 is 14.5 Å². The van der Waals surface area contributed by atoms with Crippen LogP contribution in [0.5, 0.6) is 5.75 Å². The van der Waals surface area contributed by atoms with E-state index in [4.69, 9.17) is 4.74 Å². The number of likely N-dealkylation sites (N-methyl/N-ethyl adjacent to an activating group) is 1. The number of amides is 1. The Morgan fingerprint density at radius 3 is 2.36 bits per heavy atom. The average molecular weight is 496 g/mol. The summed E-state index contributed by atoms with van der Waals surface area (Å²) in [5.74, 6) is 1.22. The predicted octanol–water partition coefficient (Wildman–Crippen LogP) is 5.56. The topological polar surface area (TPSA) is 36.0 Å². The van der Waals surface area contributed by atoms with Crippen molar-refractivity contribution in [3.63, 3.8) is 0 Å². The van der Waals surface area contributed by atoms with E-state index in [1.54, 1.807) is 26.2 Å². The molecule has 0 spiro atoms. The lowest BCUT2D eigenvalue weighted by atomic mass is 9.74. The van der Waals surface area contributed by atoms with Gasteiger partial charge >= 0.3 is 0 Å². The second-order valence-corrected chi connectivity index (χ2v) is 10.4. The number of halogens is 1. The van der Waals surface area contributed by atoms with Gasteiger partial charge in [-0.25, -0.2) is 4.39 Å². The first-order valence-electron chi connectivity index (χ1n) is 13.6. The summed E-state index contributed by atoms with van der Waals surface area (Å²) in [5, 5.41) is 0. The van der Waals surface area contributed by atoms with Crippen LogP contribution in [0.15, 0.2) is 48.5 Å². The number of ether oxygens (including phenoxy) is 1. The van der Waals surface area contributed by atoms with Gasteiger partial charge in [0.2, 0.25) is 5.91 Å². The molecule has 1 heterocycles. The molecular weight excluding hydrogens is 453 g/mol. The fraction of sp³-hybridized carbons (Fsp3) is 0.567. The van der Waals surface area contributed by atoms with Gasteiger partial charge in [0.25, 0.3) is 0 Å². The van der Waals surface area contributed by atoms with Gasteiger partial charge in [0, 0.05) is 52.1 Å². The fourth-order valence-electron chi connectivity index (χ4n) is 6.31. The van der Waals surface area contributed by atoms with Gasteiger partial charge in [-0.3, -0.25) is 9.69 Å². The third-order valence-electron chi connectivity index (χ3n) is 8.35. The van der Waals surface area contributed by atoms with E-state index in [-0.39, 0.29) is 23.7 Å². The van der Waals surface area contributed by atoms with E-state index >= 15 is 4.39 Å². The average Bonchev–Trinajstić information content (AvgIpc) is 2.92. The van der Waals surface area contributed by atoms with E-state index in [0.29, 0.717) is 5.92 Å². The summed E-state index contributed by atoms with van der Waals surface area (Å²) in [6.07, 6.45) is 6.72. The molecule has 1 aliphatic heterocycles. The maximum atomic E-state index is 15.2. The molecule has 0 aromatic heterocycles. The van der Waals surface area contributed by atoms with Gasteiger partial charge in [-0.2, -0.15) is 0 Å². The molecule has 2 aliphatic rings. The Morgan fingerprint density at radius 2 is 1.69 bits per heavy atom. The van der Waals surface area contributed by atoms with Crippen molar-refractivity contribution in [3.05, 3.63) is 59.9 Å². The zero-order chi connectivity index (χ0) is 25.5. The summed E-state index contributed by atoms with van der Waals surface area (Å²) in [4.78, 5) is 19.4. The molecule has 2 aromatic rings. The van der Waals surface area contributed by atoms with Crippen molar-refractivity contribution in [2.24, 2.45) is 5.92 Å². The highest BCUT2D eigenvalue weighted by Crippen LogP contribution is 2.39. The summed E-state index contributed by atoms with van der Waals surface area (Å²) in [6, 6.07) is 15.4. The summed E-state index contributed by atoms with van der Waals surface area (Å²) in [5.41, 5.74) is 1.90. The van der Waals surface area contributed by atoms with Crippen LogP contribution in [-0.2, 0) is 4.79 Å². The molecule has 1 amide bonds. The first kappa shape index (κ1) is 26.5. The summed E-state index contributed by atoms with van der Waals surface area (Å²) >= 11 is 0. The third-order valence-corrected chi connectivity index (χ3v) is 8.35. The van der Waals surface area contributed by atoms with Crippen molar-refractivity contribution in [1.29, 1.82) is 0 Å². The lowest BCUT2D eigenvalue weighted by Crippen LogP contribution is -2.49. The van der Waals surface area contributed by atoms with Crippen LogP contribution in [0.1, 0.15) is 56.9 Å². The molecule has 0 unspecified atom stereocenters. The number of methoxy groups -OCH3 is 1. The highest BCUT2D eigenvalue weighted by atomic mass is 19.1. The molecule has 1 saturated carbocycles. The van der Waals surface area contributed by atoms with Crippen LogP contribution in [0.4, 0.5) is 10.1 Å². The second-order valence-electron chi connectivity index (χ2n) is 10.4. The molecule has 0 bridgehead atoms. The molecule has 2 aromatic carbocycles. The number of nitrogens with zero attached hydrogens (tertiary/aromatic N) is 3. The maximum Gasteiger partial charge on any atom is 0.219 e. The number of piperazine rings is 1. The summed E-state index contributed by atoms with van der Waals surface area (Å²) in [7, 11) is 3.64. The zero-order valence-corrected chi connectivity index (χ0v) is 22.2. The van der Waals surface area contributed by atoms with Crippen molar-refractivity contribution in [2.45, 2.75) is 57.4 Å². The highest BCUT2D eigenvalue weighted by molar-refractivity contribution is 5.73. The molecule has 2 atom stereocenters. The standard InChI is InChI=1S/C30H42FN3O2/c1-23(35)32(2)30(24-11-5-4-6-12-24)26(25-13-7-8-14-27(25)31)17-18-33-19-21-34(22-20-33)28-15-9-10-16-29(28)36-3/h7-10,13-16,24,26,30H,4-6,11-12,17-22H2,1-3H3/t26-,30-/m1/s1. The number of hydrogen-bond acceptors (Lipinski definition) is 4. The first-order valence-corrected chi connectivity index (χ1v) is 13.6. The number of carbonyl (C=O) groups is 1.